The fourth-order valence-electron chi connectivity index (χ4n) is 2.77. The van der Waals surface area contributed by atoms with Crippen LogP contribution in [0, 0.1) is 5.92 Å². The number of sulfonamides is 1. The predicted molar refractivity (Wildman–Crippen MR) is 79.4 cm³/mol. The summed E-state index contributed by atoms with van der Waals surface area (Å²) in [4.78, 5) is 0.248. The van der Waals surface area contributed by atoms with E-state index in [0.717, 1.165) is 6.42 Å². The Morgan fingerprint density at radius 3 is 2.71 bits per heavy atom. The van der Waals surface area contributed by atoms with Gasteiger partial charge in [-0.05, 0) is 25.3 Å². The summed E-state index contributed by atoms with van der Waals surface area (Å²) in [6.45, 7) is 5.35. The molecule has 1 fully saturated rings. The summed E-state index contributed by atoms with van der Waals surface area (Å²) in [5.74, 6) is 0.356. The van der Waals surface area contributed by atoms with Gasteiger partial charge in [0.1, 0.15) is 4.90 Å². The zero-order valence-electron chi connectivity index (χ0n) is 12.8. The lowest BCUT2D eigenvalue weighted by atomic mass is 9.97. The van der Waals surface area contributed by atoms with Crippen molar-refractivity contribution in [2.75, 3.05) is 20.2 Å². The van der Waals surface area contributed by atoms with E-state index in [1.807, 2.05) is 6.92 Å². The third kappa shape index (κ3) is 3.15. The molecule has 0 aromatic carbocycles. The van der Waals surface area contributed by atoms with Crippen molar-refractivity contribution in [2.45, 2.75) is 44.4 Å². The second-order valence-corrected chi connectivity index (χ2v) is 7.45. The maximum atomic E-state index is 12.7. The second-order valence-electron chi connectivity index (χ2n) is 5.51. The lowest BCUT2D eigenvalue weighted by Crippen LogP contribution is -2.46. The Labute approximate surface area is 126 Å². The highest BCUT2D eigenvalue weighted by molar-refractivity contribution is 7.89. The van der Waals surface area contributed by atoms with Gasteiger partial charge in [-0.25, -0.2) is 8.42 Å². The van der Waals surface area contributed by atoms with E-state index in [-0.39, 0.29) is 17.6 Å². The minimum absolute atomic E-state index is 0.0703. The monoisotopic (exact) mass is 316 g/mol. The number of hydrogen-bond donors (Lipinski definition) is 1. The van der Waals surface area contributed by atoms with Crippen molar-refractivity contribution in [3.8, 4) is 0 Å². The van der Waals surface area contributed by atoms with Crippen molar-refractivity contribution in [3.63, 3.8) is 0 Å². The van der Waals surface area contributed by atoms with Gasteiger partial charge in [0.15, 0.2) is 0 Å². The van der Waals surface area contributed by atoms with E-state index >= 15 is 0 Å². The Balaban J connectivity index is 2.27. The average Bonchev–Trinajstić information content (AvgIpc) is 2.91. The molecule has 2 heterocycles. The first-order chi connectivity index (χ1) is 9.93. The number of nitrogens with zero attached hydrogens (tertiary/aromatic N) is 2. The Bertz CT molecular complexity index is 560. The lowest BCUT2D eigenvalue weighted by molar-refractivity contribution is 0.0184. The fraction of sp³-hybridized carbons (Fsp3) is 0.714. The van der Waals surface area contributed by atoms with Crippen LogP contribution >= 0.6 is 0 Å². The summed E-state index contributed by atoms with van der Waals surface area (Å²) < 4.78 is 34.1. The molecule has 2 rings (SSSR count). The number of aliphatic hydroxyl groups is 1. The van der Waals surface area contributed by atoms with E-state index in [0.29, 0.717) is 31.2 Å². The molecule has 1 aliphatic heterocycles. The first-order valence-electron chi connectivity index (χ1n) is 7.26. The topological polar surface area (TPSA) is 71.8 Å². The van der Waals surface area contributed by atoms with Crippen molar-refractivity contribution < 1.29 is 18.3 Å². The van der Waals surface area contributed by atoms with E-state index in [1.165, 1.54) is 4.31 Å². The third-order valence-corrected chi connectivity index (χ3v) is 6.09. The lowest BCUT2D eigenvalue weighted by Gasteiger charge is -2.35. The van der Waals surface area contributed by atoms with E-state index in [9.17, 15) is 13.5 Å². The molecule has 0 amide bonds. The van der Waals surface area contributed by atoms with Crippen molar-refractivity contribution in [3.05, 3.63) is 18.0 Å². The summed E-state index contributed by atoms with van der Waals surface area (Å²) in [5.41, 5.74) is 0.616. The summed E-state index contributed by atoms with van der Waals surface area (Å²) in [7, 11) is -1.91. The van der Waals surface area contributed by atoms with Gasteiger partial charge in [0.25, 0.3) is 0 Å². The molecule has 2 unspecified atom stereocenters. The Morgan fingerprint density at radius 2 is 2.19 bits per heavy atom. The minimum Gasteiger partial charge on any atom is -0.390 e. The van der Waals surface area contributed by atoms with E-state index in [1.54, 1.807) is 23.9 Å². The number of ether oxygens (including phenoxy) is 1. The van der Waals surface area contributed by atoms with Crippen LogP contribution in [0.25, 0.3) is 0 Å². The van der Waals surface area contributed by atoms with E-state index in [4.69, 9.17) is 4.74 Å². The normalized spacial score (nSPS) is 24.4. The molecule has 2 atom stereocenters. The third-order valence-electron chi connectivity index (χ3n) is 4.26. The van der Waals surface area contributed by atoms with E-state index < -0.39 is 10.0 Å². The second kappa shape index (κ2) is 6.48. The van der Waals surface area contributed by atoms with Crippen LogP contribution in [0.4, 0.5) is 0 Å². The van der Waals surface area contributed by atoms with Crippen LogP contribution in [0.2, 0.25) is 0 Å². The maximum Gasteiger partial charge on any atom is 0.244 e. The Kier molecular flexibility index (Phi) is 5.08. The minimum atomic E-state index is -3.53. The Morgan fingerprint density at radius 1 is 1.48 bits per heavy atom. The van der Waals surface area contributed by atoms with Crippen LogP contribution in [-0.2, 0) is 27.9 Å². The smallest absolute Gasteiger partial charge is 0.244 e. The standard InChI is InChI=1S/C14H24N2O4S/c1-4-15-8-13(7-12(15)10-17)21(18,19)16-6-5-11(2)14(9-16)20-3/h7-8,11,14,17H,4-6,9-10H2,1-3H3. The fourth-order valence-corrected chi connectivity index (χ4v) is 4.30. The van der Waals surface area contributed by atoms with Crippen molar-refractivity contribution >= 4 is 10.0 Å². The zero-order chi connectivity index (χ0) is 15.6. The number of aromatic nitrogens is 1. The van der Waals surface area contributed by atoms with Gasteiger partial charge in [-0.3, -0.25) is 0 Å². The van der Waals surface area contributed by atoms with Crippen LogP contribution < -0.4 is 0 Å². The molecule has 0 radical (unpaired) electrons. The quantitative estimate of drug-likeness (QED) is 0.881. The molecule has 1 aliphatic rings. The largest absolute Gasteiger partial charge is 0.390 e. The molecule has 1 saturated heterocycles. The average molecular weight is 316 g/mol. The molecule has 0 saturated carbocycles. The highest BCUT2D eigenvalue weighted by atomic mass is 32.2. The summed E-state index contributed by atoms with van der Waals surface area (Å²) >= 11 is 0. The van der Waals surface area contributed by atoms with Gasteiger partial charge in [0, 0.05) is 38.6 Å². The Hall–Kier alpha value is -0.890. The SMILES string of the molecule is CCn1cc(S(=O)(=O)N2CCC(C)C(OC)C2)cc1CO. The van der Waals surface area contributed by atoms with Crippen molar-refractivity contribution in [2.24, 2.45) is 5.92 Å². The summed E-state index contributed by atoms with van der Waals surface area (Å²) in [5, 5.41) is 9.30. The van der Waals surface area contributed by atoms with Gasteiger partial charge in [0.2, 0.25) is 10.0 Å². The van der Waals surface area contributed by atoms with Crippen LogP contribution in [0.5, 0.6) is 0 Å². The van der Waals surface area contributed by atoms with Gasteiger partial charge >= 0.3 is 0 Å². The molecule has 0 bridgehead atoms. The van der Waals surface area contributed by atoms with Crippen LogP contribution in [0.1, 0.15) is 26.0 Å². The van der Waals surface area contributed by atoms with Crippen molar-refractivity contribution in [1.29, 1.82) is 0 Å². The number of piperidine rings is 1. The molecule has 1 aromatic rings. The predicted octanol–water partition coefficient (Wildman–Crippen LogP) is 1.05. The van der Waals surface area contributed by atoms with Gasteiger partial charge in [0.05, 0.1) is 12.7 Å². The van der Waals surface area contributed by atoms with Crippen LogP contribution in [0.3, 0.4) is 0 Å². The van der Waals surface area contributed by atoms with Gasteiger partial charge in [-0.15, -0.1) is 0 Å². The number of hydrogen-bond acceptors (Lipinski definition) is 4. The zero-order valence-corrected chi connectivity index (χ0v) is 13.6. The molecular formula is C14H24N2O4S. The number of aryl methyl sites for hydroxylation is 1. The molecule has 7 heteroatoms. The van der Waals surface area contributed by atoms with Gasteiger partial charge < -0.3 is 14.4 Å². The number of rotatable bonds is 5. The van der Waals surface area contributed by atoms with Crippen molar-refractivity contribution in [1.82, 2.24) is 8.87 Å². The van der Waals surface area contributed by atoms with Crippen LogP contribution in [0.15, 0.2) is 17.2 Å². The molecule has 0 spiro atoms. The molecular weight excluding hydrogens is 292 g/mol. The molecule has 1 aromatic heterocycles. The van der Waals surface area contributed by atoms with Gasteiger partial charge in [-0.2, -0.15) is 4.31 Å². The highest BCUT2D eigenvalue weighted by Gasteiger charge is 2.34. The van der Waals surface area contributed by atoms with E-state index in [2.05, 4.69) is 6.92 Å². The highest BCUT2D eigenvalue weighted by Crippen LogP contribution is 2.26. The number of aliphatic hydroxyl groups excluding tert-OH is 1. The van der Waals surface area contributed by atoms with Gasteiger partial charge in [-0.1, -0.05) is 6.92 Å². The first kappa shape index (κ1) is 16.5. The molecule has 0 aliphatic carbocycles. The number of methoxy groups -OCH3 is 1. The maximum absolute atomic E-state index is 12.7. The molecule has 21 heavy (non-hydrogen) atoms. The summed E-state index contributed by atoms with van der Waals surface area (Å²) in [6, 6.07) is 1.55. The molecule has 120 valence electrons. The van der Waals surface area contributed by atoms with Crippen LogP contribution in [-0.4, -0.2) is 48.7 Å². The molecule has 6 nitrogen and oxygen atoms in total. The molecule has 1 N–H and O–H groups in total. The first-order valence-corrected chi connectivity index (χ1v) is 8.70. The summed E-state index contributed by atoms with van der Waals surface area (Å²) in [6.07, 6.45) is 2.32.